The molecule has 3 nitrogen and oxygen atoms in total. The lowest BCUT2D eigenvalue weighted by Gasteiger charge is -2.07. The molecular formula is C11H12O3. The molecule has 0 radical (unpaired) electrons. The van der Waals surface area contributed by atoms with Crippen LogP contribution in [0, 0.1) is 6.92 Å². The Morgan fingerprint density at radius 2 is 2.43 bits per heavy atom. The zero-order chi connectivity index (χ0) is 10.1. The molecule has 1 aromatic carbocycles. The van der Waals surface area contributed by atoms with Crippen LogP contribution in [0.1, 0.15) is 29.2 Å². The van der Waals surface area contributed by atoms with Gasteiger partial charge in [-0.25, -0.2) is 0 Å². The molecule has 1 aliphatic rings. The molecule has 1 N–H and O–H groups in total. The van der Waals surface area contributed by atoms with Gasteiger partial charge in [0.2, 0.25) is 0 Å². The minimum atomic E-state index is -0.816. The molecule has 0 aromatic heterocycles. The molecule has 1 aliphatic heterocycles. The molecular weight excluding hydrogens is 180 g/mol. The van der Waals surface area contributed by atoms with Crippen molar-refractivity contribution in [3.63, 3.8) is 0 Å². The lowest BCUT2D eigenvalue weighted by molar-refractivity contribution is -0.140. The molecule has 0 amide bonds. The summed E-state index contributed by atoms with van der Waals surface area (Å²) in [4.78, 5) is 10.6. The maximum absolute atomic E-state index is 10.6. The van der Waals surface area contributed by atoms with E-state index >= 15 is 0 Å². The number of fused-ring (bicyclic) bond motifs is 1. The number of carbonyl (C=O) groups is 1. The van der Waals surface area contributed by atoms with Gasteiger partial charge in [-0.1, -0.05) is 23.8 Å². The quantitative estimate of drug-likeness (QED) is 0.779. The van der Waals surface area contributed by atoms with E-state index in [0.29, 0.717) is 6.61 Å². The van der Waals surface area contributed by atoms with Crippen LogP contribution >= 0.6 is 0 Å². The number of rotatable bonds is 2. The number of aryl methyl sites for hydroxylation is 1. The summed E-state index contributed by atoms with van der Waals surface area (Å²) >= 11 is 0. The van der Waals surface area contributed by atoms with E-state index in [-0.39, 0.29) is 12.5 Å². The molecule has 0 bridgehead atoms. The Kier molecular flexibility index (Phi) is 2.25. The first-order chi connectivity index (χ1) is 6.66. The molecule has 1 unspecified atom stereocenters. The largest absolute Gasteiger partial charge is 0.481 e. The van der Waals surface area contributed by atoms with Gasteiger partial charge in [-0.05, 0) is 18.1 Å². The van der Waals surface area contributed by atoms with Crippen molar-refractivity contribution in [3.8, 4) is 0 Å². The van der Waals surface area contributed by atoms with Crippen LogP contribution in [0.15, 0.2) is 18.2 Å². The monoisotopic (exact) mass is 192 g/mol. The summed E-state index contributed by atoms with van der Waals surface area (Å²) in [7, 11) is 0. The Morgan fingerprint density at radius 1 is 1.64 bits per heavy atom. The number of benzene rings is 1. The Morgan fingerprint density at radius 3 is 3.14 bits per heavy atom. The molecule has 0 saturated carbocycles. The van der Waals surface area contributed by atoms with Gasteiger partial charge in [0.1, 0.15) is 0 Å². The lowest BCUT2D eigenvalue weighted by Crippen LogP contribution is -2.04. The summed E-state index contributed by atoms with van der Waals surface area (Å²) in [5, 5.41) is 8.67. The van der Waals surface area contributed by atoms with Crippen LogP contribution in [0.2, 0.25) is 0 Å². The van der Waals surface area contributed by atoms with Gasteiger partial charge < -0.3 is 9.84 Å². The highest BCUT2D eigenvalue weighted by Crippen LogP contribution is 2.33. The van der Waals surface area contributed by atoms with E-state index in [1.54, 1.807) is 0 Å². The fraction of sp³-hybridized carbons (Fsp3) is 0.364. The molecule has 1 aromatic rings. The maximum atomic E-state index is 10.6. The molecule has 3 heteroatoms. The Hall–Kier alpha value is -1.35. The third-order valence-electron chi connectivity index (χ3n) is 2.45. The molecule has 74 valence electrons. The highest BCUT2D eigenvalue weighted by atomic mass is 16.5. The number of hydrogen-bond acceptors (Lipinski definition) is 2. The van der Waals surface area contributed by atoms with E-state index < -0.39 is 5.97 Å². The molecule has 0 spiro atoms. The van der Waals surface area contributed by atoms with Crippen LogP contribution in [0.3, 0.4) is 0 Å². The van der Waals surface area contributed by atoms with Crippen LogP contribution in [-0.4, -0.2) is 11.1 Å². The second kappa shape index (κ2) is 3.42. The van der Waals surface area contributed by atoms with Crippen LogP contribution in [0.25, 0.3) is 0 Å². The zero-order valence-electron chi connectivity index (χ0n) is 7.99. The first kappa shape index (κ1) is 9.21. The summed E-state index contributed by atoms with van der Waals surface area (Å²) in [6.07, 6.45) is -0.209. The molecule has 0 saturated heterocycles. The van der Waals surface area contributed by atoms with Crippen molar-refractivity contribution in [2.45, 2.75) is 26.1 Å². The number of carboxylic acids is 1. The van der Waals surface area contributed by atoms with Crippen molar-refractivity contribution in [3.05, 3.63) is 34.9 Å². The smallest absolute Gasteiger partial charge is 0.306 e. The third-order valence-corrected chi connectivity index (χ3v) is 2.45. The SMILES string of the molecule is Cc1ccc2c(c1)COC2CC(=O)O. The Balaban J connectivity index is 2.26. The zero-order valence-corrected chi connectivity index (χ0v) is 7.99. The Labute approximate surface area is 82.3 Å². The predicted molar refractivity (Wildman–Crippen MR) is 51.0 cm³/mol. The van der Waals surface area contributed by atoms with Crippen molar-refractivity contribution < 1.29 is 14.6 Å². The van der Waals surface area contributed by atoms with E-state index in [9.17, 15) is 4.79 Å². The second-order valence-electron chi connectivity index (χ2n) is 3.60. The van der Waals surface area contributed by atoms with Crippen molar-refractivity contribution in [2.75, 3.05) is 0 Å². The van der Waals surface area contributed by atoms with Crippen molar-refractivity contribution in [2.24, 2.45) is 0 Å². The van der Waals surface area contributed by atoms with Gasteiger partial charge in [-0.2, -0.15) is 0 Å². The topological polar surface area (TPSA) is 46.5 Å². The van der Waals surface area contributed by atoms with Crippen LogP contribution in [-0.2, 0) is 16.1 Å². The van der Waals surface area contributed by atoms with Gasteiger partial charge in [-0.3, -0.25) is 4.79 Å². The van der Waals surface area contributed by atoms with Crippen molar-refractivity contribution in [1.82, 2.24) is 0 Å². The van der Waals surface area contributed by atoms with Gasteiger partial charge >= 0.3 is 5.97 Å². The van der Waals surface area contributed by atoms with Crippen LogP contribution in [0.5, 0.6) is 0 Å². The normalized spacial score (nSPS) is 19.4. The minimum absolute atomic E-state index is 0.0516. The lowest BCUT2D eigenvalue weighted by atomic mass is 10.0. The van der Waals surface area contributed by atoms with E-state index in [0.717, 1.165) is 11.1 Å². The first-order valence-electron chi connectivity index (χ1n) is 4.59. The van der Waals surface area contributed by atoms with Gasteiger partial charge in [-0.15, -0.1) is 0 Å². The molecule has 2 rings (SSSR count). The molecule has 14 heavy (non-hydrogen) atoms. The van der Waals surface area contributed by atoms with E-state index in [2.05, 4.69) is 6.07 Å². The maximum Gasteiger partial charge on any atom is 0.306 e. The Bertz CT molecular complexity index is 371. The summed E-state index contributed by atoms with van der Waals surface area (Å²) in [6.45, 7) is 2.56. The predicted octanol–water partition coefficient (Wildman–Crippen LogP) is 2.04. The number of aliphatic carboxylic acids is 1. The average Bonchev–Trinajstić information content (AvgIpc) is 2.47. The highest BCUT2D eigenvalue weighted by Gasteiger charge is 2.24. The number of carboxylic acid groups (broad SMARTS) is 1. The fourth-order valence-electron chi connectivity index (χ4n) is 1.78. The summed E-state index contributed by atoms with van der Waals surface area (Å²) in [5.74, 6) is -0.816. The van der Waals surface area contributed by atoms with Crippen molar-refractivity contribution >= 4 is 5.97 Å². The first-order valence-corrected chi connectivity index (χ1v) is 4.59. The third kappa shape index (κ3) is 1.63. The summed E-state index contributed by atoms with van der Waals surface area (Å²) in [6, 6.07) is 6.00. The van der Waals surface area contributed by atoms with E-state index in [4.69, 9.17) is 9.84 Å². The number of hydrogen-bond donors (Lipinski definition) is 1. The minimum Gasteiger partial charge on any atom is -0.481 e. The van der Waals surface area contributed by atoms with Gasteiger partial charge in [0.25, 0.3) is 0 Å². The van der Waals surface area contributed by atoms with Crippen LogP contribution in [0.4, 0.5) is 0 Å². The molecule has 0 fully saturated rings. The summed E-state index contributed by atoms with van der Waals surface area (Å²) in [5.41, 5.74) is 3.33. The van der Waals surface area contributed by atoms with Gasteiger partial charge in [0.15, 0.2) is 0 Å². The molecule has 0 aliphatic carbocycles. The fourth-order valence-corrected chi connectivity index (χ4v) is 1.78. The van der Waals surface area contributed by atoms with Crippen molar-refractivity contribution in [1.29, 1.82) is 0 Å². The average molecular weight is 192 g/mol. The second-order valence-corrected chi connectivity index (χ2v) is 3.60. The van der Waals surface area contributed by atoms with Crippen LogP contribution < -0.4 is 0 Å². The van der Waals surface area contributed by atoms with Gasteiger partial charge in [0.05, 0.1) is 19.1 Å². The van der Waals surface area contributed by atoms with Gasteiger partial charge in [0, 0.05) is 0 Å². The number of ether oxygens (including phenoxy) is 1. The highest BCUT2D eigenvalue weighted by molar-refractivity contribution is 5.68. The molecule has 1 atom stereocenters. The van der Waals surface area contributed by atoms with E-state index in [1.807, 2.05) is 19.1 Å². The molecule has 1 heterocycles. The van der Waals surface area contributed by atoms with E-state index in [1.165, 1.54) is 5.56 Å². The standard InChI is InChI=1S/C11H12O3/c1-7-2-3-9-8(4-7)6-14-10(9)5-11(12)13/h2-4,10H,5-6H2,1H3,(H,12,13). The summed E-state index contributed by atoms with van der Waals surface area (Å²) < 4.78 is 5.41.